The molecule has 3 nitrogen and oxygen atoms in total. The number of rotatable bonds is 1. The van der Waals surface area contributed by atoms with Crippen LogP contribution in [0.1, 0.15) is 24.8 Å². The third-order valence-electron chi connectivity index (χ3n) is 3.90. The molecule has 2 heterocycles. The van der Waals surface area contributed by atoms with Gasteiger partial charge in [0.15, 0.2) is 0 Å². The molecule has 0 saturated carbocycles. The highest BCUT2D eigenvalue weighted by atomic mass is 32.2. The van der Waals surface area contributed by atoms with Crippen LogP contribution in [-0.4, -0.2) is 29.5 Å². The Labute approximate surface area is 118 Å². The number of anilines is 1. The molecule has 1 saturated heterocycles. The maximum absolute atomic E-state index is 12.7. The summed E-state index contributed by atoms with van der Waals surface area (Å²) in [7, 11) is 0. The second-order valence-electron chi connectivity index (χ2n) is 5.40. The van der Waals surface area contributed by atoms with Crippen LogP contribution in [0.2, 0.25) is 0 Å². The van der Waals surface area contributed by atoms with Crippen molar-refractivity contribution in [2.75, 3.05) is 17.2 Å². The van der Waals surface area contributed by atoms with Crippen molar-refractivity contribution in [3.63, 3.8) is 0 Å². The molecule has 1 aromatic carbocycles. The smallest absolute Gasteiger partial charge is 0.240 e. The number of nitrogens with zero attached hydrogens (tertiary/aromatic N) is 1. The summed E-state index contributed by atoms with van der Waals surface area (Å²) in [6.45, 7) is 0.660. The van der Waals surface area contributed by atoms with Crippen molar-refractivity contribution < 1.29 is 4.79 Å². The number of fused-ring (bicyclic) bond motifs is 1. The SMILES string of the molecule is NC1Cc2ccccc2N(C(=O)C2CCCCS2)C1. The summed E-state index contributed by atoms with van der Waals surface area (Å²) in [5.74, 6) is 1.37. The van der Waals surface area contributed by atoms with Gasteiger partial charge in [-0.2, -0.15) is 0 Å². The van der Waals surface area contributed by atoms with Gasteiger partial charge in [0.1, 0.15) is 0 Å². The molecule has 2 atom stereocenters. The molecule has 0 radical (unpaired) electrons. The fourth-order valence-electron chi connectivity index (χ4n) is 2.94. The summed E-state index contributed by atoms with van der Waals surface area (Å²) in [5, 5.41) is 0.132. The van der Waals surface area contributed by atoms with Gasteiger partial charge in [-0.15, -0.1) is 11.8 Å². The molecule has 2 aliphatic heterocycles. The quantitative estimate of drug-likeness (QED) is 0.855. The fourth-order valence-corrected chi connectivity index (χ4v) is 4.20. The molecule has 1 fully saturated rings. The fraction of sp³-hybridized carbons (Fsp3) is 0.533. The first kappa shape index (κ1) is 13.0. The Morgan fingerprint density at radius 1 is 1.32 bits per heavy atom. The van der Waals surface area contributed by atoms with Crippen LogP contribution in [0.5, 0.6) is 0 Å². The molecular formula is C15H20N2OS. The molecule has 0 aromatic heterocycles. The highest BCUT2D eigenvalue weighted by Gasteiger charge is 2.32. The van der Waals surface area contributed by atoms with Gasteiger partial charge in [-0.1, -0.05) is 24.6 Å². The first-order valence-electron chi connectivity index (χ1n) is 7.02. The van der Waals surface area contributed by atoms with Gasteiger partial charge in [-0.05, 0) is 36.6 Å². The van der Waals surface area contributed by atoms with E-state index in [4.69, 9.17) is 5.73 Å². The Kier molecular flexibility index (Phi) is 3.80. The molecule has 2 unspecified atom stereocenters. The number of carbonyl (C=O) groups is 1. The van der Waals surface area contributed by atoms with Crippen molar-refractivity contribution >= 4 is 23.4 Å². The summed E-state index contributed by atoms with van der Waals surface area (Å²) >= 11 is 1.81. The first-order chi connectivity index (χ1) is 9.25. The standard InChI is InChI=1S/C15H20N2OS/c16-12-9-11-5-1-2-6-13(11)17(10-12)15(18)14-7-3-4-8-19-14/h1-2,5-6,12,14H,3-4,7-10,16H2. The van der Waals surface area contributed by atoms with E-state index < -0.39 is 0 Å². The lowest BCUT2D eigenvalue weighted by molar-refractivity contribution is -0.118. The van der Waals surface area contributed by atoms with Gasteiger partial charge in [0.25, 0.3) is 0 Å². The second kappa shape index (κ2) is 5.55. The van der Waals surface area contributed by atoms with Crippen LogP contribution in [0.3, 0.4) is 0 Å². The second-order valence-corrected chi connectivity index (χ2v) is 6.71. The Balaban J connectivity index is 1.85. The molecule has 4 heteroatoms. The number of hydrogen-bond acceptors (Lipinski definition) is 3. The van der Waals surface area contributed by atoms with E-state index in [1.807, 2.05) is 34.9 Å². The Bertz CT molecular complexity index is 471. The highest BCUT2D eigenvalue weighted by molar-refractivity contribution is 8.00. The molecule has 102 valence electrons. The molecule has 19 heavy (non-hydrogen) atoms. The molecule has 0 aliphatic carbocycles. The van der Waals surface area contributed by atoms with Crippen molar-refractivity contribution in [2.45, 2.75) is 37.0 Å². The average molecular weight is 276 g/mol. The van der Waals surface area contributed by atoms with Crippen LogP contribution in [0, 0.1) is 0 Å². The van der Waals surface area contributed by atoms with Gasteiger partial charge in [-0.3, -0.25) is 4.79 Å². The molecule has 1 aromatic rings. The summed E-state index contributed by atoms with van der Waals surface area (Å²) in [5.41, 5.74) is 8.38. The largest absolute Gasteiger partial charge is 0.326 e. The molecule has 2 aliphatic rings. The van der Waals surface area contributed by atoms with Crippen LogP contribution >= 0.6 is 11.8 Å². The Hall–Kier alpha value is -1.000. The molecule has 1 amide bonds. The third-order valence-corrected chi connectivity index (χ3v) is 5.27. The maximum atomic E-state index is 12.7. The molecule has 0 spiro atoms. The zero-order valence-electron chi connectivity index (χ0n) is 11.0. The number of carbonyl (C=O) groups excluding carboxylic acids is 1. The predicted molar refractivity (Wildman–Crippen MR) is 80.6 cm³/mol. The molecule has 3 rings (SSSR count). The van der Waals surface area contributed by atoms with Crippen molar-refractivity contribution in [1.29, 1.82) is 0 Å². The van der Waals surface area contributed by atoms with E-state index >= 15 is 0 Å². The van der Waals surface area contributed by atoms with Crippen LogP contribution < -0.4 is 10.6 Å². The summed E-state index contributed by atoms with van der Waals surface area (Å²) < 4.78 is 0. The highest BCUT2D eigenvalue weighted by Crippen LogP contribution is 2.32. The number of thioether (sulfide) groups is 1. The van der Waals surface area contributed by atoms with Crippen LogP contribution in [0.4, 0.5) is 5.69 Å². The zero-order valence-corrected chi connectivity index (χ0v) is 11.9. The van der Waals surface area contributed by atoms with E-state index in [1.54, 1.807) is 0 Å². The zero-order chi connectivity index (χ0) is 13.2. The van der Waals surface area contributed by atoms with E-state index in [1.165, 1.54) is 18.4 Å². The minimum atomic E-state index is 0.0624. The van der Waals surface area contributed by atoms with Crippen molar-refractivity contribution in [3.8, 4) is 0 Å². The predicted octanol–water partition coefficient (Wildman–Crippen LogP) is 2.19. The normalized spacial score (nSPS) is 26.9. The lowest BCUT2D eigenvalue weighted by Gasteiger charge is -2.35. The summed E-state index contributed by atoms with van der Waals surface area (Å²) in [6, 6.07) is 8.22. The molecule has 0 bridgehead atoms. The monoisotopic (exact) mass is 276 g/mol. The lowest BCUT2D eigenvalue weighted by Crippen LogP contribution is -2.49. The van der Waals surface area contributed by atoms with E-state index in [9.17, 15) is 4.79 Å². The van der Waals surface area contributed by atoms with Crippen LogP contribution in [0.25, 0.3) is 0 Å². The van der Waals surface area contributed by atoms with Crippen molar-refractivity contribution in [2.24, 2.45) is 5.73 Å². The first-order valence-corrected chi connectivity index (χ1v) is 8.07. The van der Waals surface area contributed by atoms with Gasteiger partial charge < -0.3 is 10.6 Å². The van der Waals surface area contributed by atoms with Gasteiger partial charge in [0.05, 0.1) is 5.25 Å². The third kappa shape index (κ3) is 2.65. The maximum Gasteiger partial charge on any atom is 0.240 e. The van der Waals surface area contributed by atoms with Crippen LogP contribution in [-0.2, 0) is 11.2 Å². The van der Waals surface area contributed by atoms with Gasteiger partial charge in [0.2, 0.25) is 5.91 Å². The number of hydrogen-bond donors (Lipinski definition) is 1. The van der Waals surface area contributed by atoms with Crippen molar-refractivity contribution in [1.82, 2.24) is 0 Å². The van der Waals surface area contributed by atoms with Gasteiger partial charge in [0, 0.05) is 18.3 Å². The summed E-state index contributed by atoms with van der Waals surface area (Å²) in [4.78, 5) is 14.6. The molecule has 2 N–H and O–H groups in total. The molecular weight excluding hydrogens is 256 g/mol. The van der Waals surface area contributed by atoms with Crippen LogP contribution in [0.15, 0.2) is 24.3 Å². The number of nitrogens with two attached hydrogens (primary N) is 1. The van der Waals surface area contributed by atoms with Crippen molar-refractivity contribution in [3.05, 3.63) is 29.8 Å². The average Bonchev–Trinajstić information content (AvgIpc) is 2.46. The number of amides is 1. The van der Waals surface area contributed by atoms with Gasteiger partial charge >= 0.3 is 0 Å². The van der Waals surface area contributed by atoms with E-state index in [0.717, 1.165) is 24.3 Å². The number of benzene rings is 1. The lowest BCUT2D eigenvalue weighted by atomic mass is 9.98. The Morgan fingerprint density at radius 2 is 2.16 bits per heavy atom. The number of para-hydroxylation sites is 1. The Morgan fingerprint density at radius 3 is 2.95 bits per heavy atom. The topological polar surface area (TPSA) is 46.3 Å². The summed E-state index contributed by atoms with van der Waals surface area (Å²) in [6.07, 6.45) is 4.30. The van der Waals surface area contributed by atoms with E-state index in [2.05, 4.69) is 6.07 Å². The van der Waals surface area contributed by atoms with Gasteiger partial charge in [-0.25, -0.2) is 0 Å². The minimum Gasteiger partial charge on any atom is -0.326 e. The minimum absolute atomic E-state index is 0.0624. The van der Waals surface area contributed by atoms with E-state index in [-0.39, 0.29) is 17.2 Å². The van der Waals surface area contributed by atoms with E-state index in [0.29, 0.717) is 6.54 Å².